The van der Waals surface area contributed by atoms with Crippen molar-refractivity contribution in [2.75, 3.05) is 18.4 Å². The van der Waals surface area contributed by atoms with Crippen LogP contribution in [0.4, 0.5) is 5.82 Å². The van der Waals surface area contributed by atoms with Crippen molar-refractivity contribution < 1.29 is 0 Å². The van der Waals surface area contributed by atoms with Gasteiger partial charge in [-0.15, -0.1) is 0 Å². The summed E-state index contributed by atoms with van der Waals surface area (Å²) in [5.41, 5.74) is 2.90. The van der Waals surface area contributed by atoms with Gasteiger partial charge in [-0.1, -0.05) is 6.92 Å². The Morgan fingerprint density at radius 2 is 2.25 bits per heavy atom. The van der Waals surface area contributed by atoms with E-state index in [9.17, 15) is 0 Å². The third-order valence-corrected chi connectivity index (χ3v) is 4.39. The molecular weight excluding hydrogens is 302 g/mol. The van der Waals surface area contributed by atoms with Crippen LogP contribution in [0.1, 0.15) is 12.5 Å². The molecule has 0 radical (unpaired) electrons. The van der Waals surface area contributed by atoms with Crippen molar-refractivity contribution in [2.24, 2.45) is 5.92 Å². The van der Waals surface area contributed by atoms with Crippen LogP contribution in [0.5, 0.6) is 0 Å². The molecule has 0 spiro atoms. The van der Waals surface area contributed by atoms with E-state index < -0.39 is 0 Å². The van der Waals surface area contributed by atoms with Gasteiger partial charge in [-0.25, -0.2) is 9.97 Å². The molecule has 0 aliphatic carbocycles. The number of anilines is 1. The molecule has 0 amide bonds. The van der Waals surface area contributed by atoms with Crippen molar-refractivity contribution in [1.29, 1.82) is 5.26 Å². The van der Waals surface area contributed by atoms with E-state index in [2.05, 4.69) is 38.6 Å². The number of imidazole rings is 1. The molecule has 1 aliphatic heterocycles. The fraction of sp³-hybridized carbons (Fsp3) is 0.294. The van der Waals surface area contributed by atoms with Crippen LogP contribution < -0.4 is 10.6 Å². The van der Waals surface area contributed by atoms with Gasteiger partial charge in [0.15, 0.2) is 0 Å². The summed E-state index contributed by atoms with van der Waals surface area (Å²) in [7, 11) is 0. The summed E-state index contributed by atoms with van der Waals surface area (Å²) >= 11 is 0. The van der Waals surface area contributed by atoms with Gasteiger partial charge in [0.2, 0.25) is 0 Å². The standard InChI is InChI=1S/C17H17N7/c1-11-6-19-7-13(11)22-16-10-20-8-14(23-16)15-9-21-17-4-12(5-18)2-3-24(15)17/h2-4,8-11,13,19H,6-7H2,1H3,(H,22,23). The second kappa shape index (κ2) is 5.91. The van der Waals surface area contributed by atoms with Crippen molar-refractivity contribution in [3.63, 3.8) is 0 Å². The Balaban J connectivity index is 1.67. The van der Waals surface area contributed by atoms with Gasteiger partial charge >= 0.3 is 0 Å². The minimum atomic E-state index is 0.356. The second-order valence-corrected chi connectivity index (χ2v) is 6.07. The van der Waals surface area contributed by atoms with E-state index in [1.807, 2.05) is 10.6 Å². The van der Waals surface area contributed by atoms with Crippen LogP contribution in [-0.2, 0) is 0 Å². The van der Waals surface area contributed by atoms with Crippen LogP contribution in [-0.4, -0.2) is 38.5 Å². The maximum Gasteiger partial charge on any atom is 0.145 e. The lowest BCUT2D eigenvalue weighted by Crippen LogP contribution is -2.27. The number of pyridine rings is 1. The maximum atomic E-state index is 8.99. The Morgan fingerprint density at radius 3 is 3.04 bits per heavy atom. The maximum absolute atomic E-state index is 8.99. The van der Waals surface area contributed by atoms with Gasteiger partial charge < -0.3 is 10.6 Å². The monoisotopic (exact) mass is 319 g/mol. The quantitative estimate of drug-likeness (QED) is 0.763. The van der Waals surface area contributed by atoms with Gasteiger partial charge in [-0.05, 0) is 24.6 Å². The lowest BCUT2D eigenvalue weighted by atomic mass is 10.1. The third-order valence-electron chi connectivity index (χ3n) is 4.39. The highest BCUT2D eigenvalue weighted by Gasteiger charge is 2.23. The van der Waals surface area contributed by atoms with E-state index in [4.69, 9.17) is 5.26 Å². The Bertz CT molecular complexity index is 924. The lowest BCUT2D eigenvalue weighted by molar-refractivity contribution is 0.593. The molecule has 4 rings (SSSR count). The molecule has 7 heteroatoms. The Morgan fingerprint density at radius 1 is 1.33 bits per heavy atom. The zero-order valence-corrected chi connectivity index (χ0v) is 13.3. The molecule has 1 saturated heterocycles. The molecule has 7 nitrogen and oxygen atoms in total. The lowest BCUT2D eigenvalue weighted by Gasteiger charge is -2.16. The number of fused-ring (bicyclic) bond motifs is 1. The average molecular weight is 319 g/mol. The van der Waals surface area contributed by atoms with E-state index >= 15 is 0 Å². The summed E-state index contributed by atoms with van der Waals surface area (Å²) in [4.78, 5) is 13.4. The third kappa shape index (κ3) is 2.57. The Hall–Kier alpha value is -2.98. The second-order valence-electron chi connectivity index (χ2n) is 6.07. The smallest absolute Gasteiger partial charge is 0.145 e. The van der Waals surface area contributed by atoms with Gasteiger partial charge in [-0.2, -0.15) is 5.26 Å². The average Bonchev–Trinajstić information content (AvgIpc) is 3.21. The first-order valence-corrected chi connectivity index (χ1v) is 7.91. The minimum Gasteiger partial charge on any atom is -0.364 e. The predicted molar refractivity (Wildman–Crippen MR) is 90.4 cm³/mol. The van der Waals surface area contributed by atoms with Crippen molar-refractivity contribution in [2.45, 2.75) is 13.0 Å². The van der Waals surface area contributed by atoms with Crippen LogP contribution >= 0.6 is 0 Å². The Kier molecular flexibility index (Phi) is 3.59. The van der Waals surface area contributed by atoms with Crippen molar-refractivity contribution in [1.82, 2.24) is 24.7 Å². The van der Waals surface area contributed by atoms with Crippen molar-refractivity contribution >= 4 is 11.5 Å². The fourth-order valence-electron chi connectivity index (χ4n) is 2.99. The molecule has 2 unspecified atom stereocenters. The summed E-state index contributed by atoms with van der Waals surface area (Å²) in [5, 5.41) is 15.8. The summed E-state index contributed by atoms with van der Waals surface area (Å²) in [5.74, 6) is 1.31. The summed E-state index contributed by atoms with van der Waals surface area (Å²) < 4.78 is 1.91. The largest absolute Gasteiger partial charge is 0.364 e. The minimum absolute atomic E-state index is 0.356. The highest BCUT2D eigenvalue weighted by atomic mass is 15.1. The molecule has 4 heterocycles. The first kappa shape index (κ1) is 14.6. The van der Waals surface area contributed by atoms with E-state index in [0.29, 0.717) is 17.5 Å². The fourth-order valence-corrected chi connectivity index (χ4v) is 2.99. The van der Waals surface area contributed by atoms with Gasteiger partial charge in [0.05, 0.1) is 35.9 Å². The summed E-state index contributed by atoms with van der Waals surface area (Å²) in [6.45, 7) is 4.16. The highest BCUT2D eigenvalue weighted by molar-refractivity contribution is 5.62. The van der Waals surface area contributed by atoms with Gasteiger partial charge in [0.1, 0.15) is 17.2 Å². The topological polar surface area (TPSA) is 90.9 Å². The number of aromatic nitrogens is 4. The SMILES string of the molecule is CC1CNCC1Nc1cncc(-c2cnc3cc(C#N)ccn23)n1. The van der Waals surface area contributed by atoms with Gasteiger partial charge in [0, 0.05) is 18.8 Å². The molecule has 0 aromatic carbocycles. The predicted octanol–water partition coefficient (Wildman–Crippen LogP) is 1.68. The molecule has 24 heavy (non-hydrogen) atoms. The molecule has 1 aliphatic rings. The van der Waals surface area contributed by atoms with Gasteiger partial charge in [-0.3, -0.25) is 9.38 Å². The van der Waals surface area contributed by atoms with E-state index in [0.717, 1.165) is 35.9 Å². The number of nitriles is 1. The van der Waals surface area contributed by atoms with Crippen LogP contribution in [0, 0.1) is 17.2 Å². The summed E-state index contributed by atoms with van der Waals surface area (Å²) in [6, 6.07) is 6.00. The number of hydrogen-bond acceptors (Lipinski definition) is 6. The van der Waals surface area contributed by atoms with E-state index in [1.54, 1.807) is 30.7 Å². The molecule has 3 aromatic rings. The van der Waals surface area contributed by atoms with Gasteiger partial charge in [0.25, 0.3) is 0 Å². The first-order chi connectivity index (χ1) is 11.7. The van der Waals surface area contributed by atoms with Crippen LogP contribution in [0.3, 0.4) is 0 Å². The molecule has 0 saturated carbocycles. The molecule has 3 aromatic heterocycles. The van der Waals surface area contributed by atoms with Crippen LogP contribution in [0.15, 0.2) is 36.9 Å². The van der Waals surface area contributed by atoms with E-state index in [1.165, 1.54) is 0 Å². The zero-order chi connectivity index (χ0) is 16.5. The molecular formula is C17H17N7. The van der Waals surface area contributed by atoms with E-state index in [-0.39, 0.29) is 0 Å². The number of nitrogens with one attached hydrogen (secondary N) is 2. The number of rotatable bonds is 3. The number of nitrogens with zero attached hydrogens (tertiary/aromatic N) is 5. The normalized spacial score (nSPS) is 20.2. The highest BCUT2D eigenvalue weighted by Crippen LogP contribution is 2.21. The first-order valence-electron chi connectivity index (χ1n) is 7.91. The zero-order valence-electron chi connectivity index (χ0n) is 13.3. The number of hydrogen-bond donors (Lipinski definition) is 2. The molecule has 0 bridgehead atoms. The molecule has 2 N–H and O–H groups in total. The molecule has 1 fully saturated rings. The Labute approximate surface area is 139 Å². The molecule has 120 valence electrons. The molecule has 2 atom stereocenters. The van der Waals surface area contributed by atoms with Crippen molar-refractivity contribution in [3.8, 4) is 17.5 Å². The van der Waals surface area contributed by atoms with Crippen LogP contribution in [0.25, 0.3) is 17.0 Å². The van der Waals surface area contributed by atoms with Crippen LogP contribution in [0.2, 0.25) is 0 Å². The summed E-state index contributed by atoms with van der Waals surface area (Å²) in [6.07, 6.45) is 7.06. The van der Waals surface area contributed by atoms with Crippen molar-refractivity contribution in [3.05, 3.63) is 42.5 Å².